The Morgan fingerprint density at radius 2 is 1.77 bits per heavy atom. The summed E-state index contributed by atoms with van der Waals surface area (Å²) in [5.74, 6) is 1.60. The van der Waals surface area contributed by atoms with E-state index in [0.717, 1.165) is 59.7 Å². The van der Waals surface area contributed by atoms with Gasteiger partial charge in [0.05, 0.1) is 12.0 Å². The number of amides is 1. The molecule has 162 valence electrons. The van der Waals surface area contributed by atoms with Crippen LogP contribution in [0.15, 0.2) is 60.0 Å². The molecule has 0 spiro atoms. The van der Waals surface area contributed by atoms with Crippen molar-refractivity contribution in [1.82, 2.24) is 9.80 Å². The topological polar surface area (TPSA) is 42.0 Å². The van der Waals surface area contributed by atoms with Crippen LogP contribution < -0.4 is 9.47 Å². The second kappa shape index (κ2) is 10.2. The summed E-state index contributed by atoms with van der Waals surface area (Å²) < 4.78 is 11.1. The Morgan fingerprint density at radius 1 is 1.00 bits per heavy atom. The highest BCUT2D eigenvalue weighted by Gasteiger charge is 2.23. The second-order valence-corrected chi connectivity index (χ2v) is 8.83. The maximum absolute atomic E-state index is 12.9. The van der Waals surface area contributed by atoms with Crippen molar-refractivity contribution in [3.8, 4) is 11.5 Å². The van der Waals surface area contributed by atoms with E-state index in [2.05, 4.69) is 11.0 Å². The molecule has 0 bridgehead atoms. The molecule has 1 fully saturated rings. The summed E-state index contributed by atoms with van der Waals surface area (Å²) >= 11 is 7.56. The molecule has 0 atom stereocenters. The average molecular weight is 457 g/mol. The maximum Gasteiger partial charge on any atom is 0.264 e. The van der Waals surface area contributed by atoms with Crippen LogP contribution in [-0.4, -0.2) is 49.0 Å². The highest BCUT2D eigenvalue weighted by Crippen LogP contribution is 2.23. The lowest BCUT2D eigenvalue weighted by atomic mass is 10.2. The van der Waals surface area contributed by atoms with E-state index in [-0.39, 0.29) is 5.91 Å². The van der Waals surface area contributed by atoms with Gasteiger partial charge in [0.15, 0.2) is 0 Å². The summed E-state index contributed by atoms with van der Waals surface area (Å²) in [6.07, 6.45) is 0. The van der Waals surface area contributed by atoms with Crippen LogP contribution in [0.2, 0.25) is 5.02 Å². The Morgan fingerprint density at radius 3 is 2.55 bits per heavy atom. The third-order valence-electron chi connectivity index (χ3n) is 5.27. The number of nitrogens with zero attached hydrogens (tertiary/aromatic N) is 2. The summed E-state index contributed by atoms with van der Waals surface area (Å²) in [4.78, 5) is 18.0. The maximum atomic E-state index is 12.9. The molecular weight excluding hydrogens is 432 g/mol. The average Bonchev–Trinajstić information content (AvgIpc) is 3.27. The predicted molar refractivity (Wildman–Crippen MR) is 124 cm³/mol. The fourth-order valence-electron chi connectivity index (χ4n) is 3.58. The number of hydrogen-bond acceptors (Lipinski definition) is 5. The lowest BCUT2D eigenvalue weighted by molar-refractivity contribution is 0.0633. The number of hydrogen-bond donors (Lipinski definition) is 0. The number of carbonyl (C=O) groups excluding carboxylic acids is 1. The normalized spacial score (nSPS) is 14.5. The van der Waals surface area contributed by atoms with Gasteiger partial charge in [-0.3, -0.25) is 9.69 Å². The van der Waals surface area contributed by atoms with Gasteiger partial charge in [0.25, 0.3) is 5.91 Å². The Bertz CT molecular complexity index is 1030. The standard InChI is InChI=1S/C24H25ClN2O3S/c1-29-21-6-3-7-22(14-21)30-16-19-13-23(31-17-19)24(28)27-10-8-26(9-11-27)15-18-4-2-5-20(25)12-18/h2-7,12-14,17H,8-11,15-16H2,1H3. The smallest absolute Gasteiger partial charge is 0.264 e. The molecule has 1 aromatic heterocycles. The van der Waals surface area contributed by atoms with Gasteiger partial charge in [0.2, 0.25) is 0 Å². The number of carbonyl (C=O) groups is 1. The van der Waals surface area contributed by atoms with Crippen LogP contribution in [-0.2, 0) is 13.2 Å². The van der Waals surface area contributed by atoms with E-state index in [1.54, 1.807) is 7.11 Å². The zero-order valence-electron chi connectivity index (χ0n) is 17.4. The molecule has 7 heteroatoms. The van der Waals surface area contributed by atoms with Gasteiger partial charge in [0, 0.05) is 49.4 Å². The third-order valence-corrected chi connectivity index (χ3v) is 6.47. The fraction of sp³-hybridized carbons (Fsp3) is 0.292. The first-order valence-corrected chi connectivity index (χ1v) is 11.5. The summed E-state index contributed by atoms with van der Waals surface area (Å²) in [6, 6.07) is 17.4. The number of rotatable bonds is 7. The van der Waals surface area contributed by atoms with Crippen molar-refractivity contribution in [3.05, 3.63) is 81.0 Å². The Hall–Kier alpha value is -2.54. The molecule has 0 aliphatic carbocycles. The van der Waals surface area contributed by atoms with Crippen molar-refractivity contribution in [2.45, 2.75) is 13.2 Å². The van der Waals surface area contributed by atoms with E-state index in [1.165, 1.54) is 16.9 Å². The molecule has 31 heavy (non-hydrogen) atoms. The van der Waals surface area contributed by atoms with Crippen LogP contribution in [0.3, 0.4) is 0 Å². The summed E-state index contributed by atoms with van der Waals surface area (Å²) in [5.41, 5.74) is 2.20. The first kappa shape index (κ1) is 21.7. The molecule has 4 rings (SSSR count). The summed E-state index contributed by atoms with van der Waals surface area (Å²) in [5, 5.41) is 2.75. The fourth-order valence-corrected chi connectivity index (χ4v) is 4.66. The number of piperazine rings is 1. The Balaban J connectivity index is 1.28. The quantitative estimate of drug-likeness (QED) is 0.504. The zero-order valence-corrected chi connectivity index (χ0v) is 19.0. The van der Waals surface area contributed by atoms with Crippen LogP contribution in [0, 0.1) is 0 Å². The van der Waals surface area contributed by atoms with Gasteiger partial charge in [-0.05, 0) is 41.3 Å². The number of thiophene rings is 1. The molecule has 1 amide bonds. The minimum Gasteiger partial charge on any atom is -0.497 e. The Labute approximate surface area is 191 Å². The van der Waals surface area contributed by atoms with Gasteiger partial charge < -0.3 is 14.4 Å². The largest absolute Gasteiger partial charge is 0.497 e. The number of benzene rings is 2. The van der Waals surface area contributed by atoms with Crippen molar-refractivity contribution in [2.24, 2.45) is 0 Å². The molecular formula is C24H25ClN2O3S. The molecule has 5 nitrogen and oxygen atoms in total. The lowest BCUT2D eigenvalue weighted by Crippen LogP contribution is -2.48. The highest BCUT2D eigenvalue weighted by atomic mass is 35.5. The Kier molecular flexibility index (Phi) is 7.12. The van der Waals surface area contributed by atoms with Gasteiger partial charge in [-0.25, -0.2) is 0 Å². The molecule has 2 heterocycles. The minimum atomic E-state index is 0.0973. The number of ether oxygens (including phenoxy) is 2. The molecule has 0 unspecified atom stereocenters. The minimum absolute atomic E-state index is 0.0973. The van der Waals surface area contributed by atoms with Crippen LogP contribution in [0.1, 0.15) is 20.8 Å². The van der Waals surface area contributed by atoms with Crippen molar-refractivity contribution >= 4 is 28.8 Å². The third kappa shape index (κ3) is 5.79. The van der Waals surface area contributed by atoms with Crippen molar-refractivity contribution in [2.75, 3.05) is 33.3 Å². The van der Waals surface area contributed by atoms with Crippen molar-refractivity contribution < 1.29 is 14.3 Å². The van der Waals surface area contributed by atoms with Gasteiger partial charge in [-0.15, -0.1) is 11.3 Å². The van der Waals surface area contributed by atoms with E-state index in [4.69, 9.17) is 21.1 Å². The predicted octanol–water partition coefficient (Wildman–Crippen LogP) is 4.95. The molecule has 0 saturated carbocycles. The zero-order chi connectivity index (χ0) is 21.6. The lowest BCUT2D eigenvalue weighted by Gasteiger charge is -2.34. The molecule has 1 aliphatic heterocycles. The number of methoxy groups -OCH3 is 1. The van der Waals surface area contributed by atoms with Crippen LogP contribution in [0.5, 0.6) is 11.5 Å². The molecule has 0 radical (unpaired) electrons. The van der Waals surface area contributed by atoms with E-state index >= 15 is 0 Å². The molecule has 0 N–H and O–H groups in total. The SMILES string of the molecule is COc1cccc(OCc2csc(C(=O)N3CCN(Cc4cccc(Cl)c4)CC3)c2)c1. The van der Waals surface area contributed by atoms with Gasteiger partial charge in [-0.2, -0.15) is 0 Å². The highest BCUT2D eigenvalue weighted by molar-refractivity contribution is 7.12. The molecule has 1 saturated heterocycles. The molecule has 3 aromatic rings. The summed E-state index contributed by atoms with van der Waals surface area (Å²) in [6.45, 7) is 4.45. The van der Waals surface area contributed by atoms with Crippen LogP contribution in [0.4, 0.5) is 0 Å². The van der Waals surface area contributed by atoms with Gasteiger partial charge in [-0.1, -0.05) is 29.8 Å². The number of halogens is 1. The summed E-state index contributed by atoms with van der Waals surface area (Å²) in [7, 11) is 1.63. The first-order valence-electron chi connectivity index (χ1n) is 10.2. The van der Waals surface area contributed by atoms with Crippen LogP contribution in [0.25, 0.3) is 0 Å². The van der Waals surface area contributed by atoms with E-state index < -0.39 is 0 Å². The molecule has 2 aromatic carbocycles. The van der Waals surface area contributed by atoms with Crippen molar-refractivity contribution in [3.63, 3.8) is 0 Å². The van der Waals surface area contributed by atoms with E-state index in [1.807, 2.05) is 58.8 Å². The van der Waals surface area contributed by atoms with Gasteiger partial charge in [0.1, 0.15) is 18.1 Å². The second-order valence-electron chi connectivity index (χ2n) is 7.49. The monoisotopic (exact) mass is 456 g/mol. The van der Waals surface area contributed by atoms with E-state index in [0.29, 0.717) is 6.61 Å². The van der Waals surface area contributed by atoms with Crippen LogP contribution >= 0.6 is 22.9 Å². The molecule has 1 aliphatic rings. The first-order chi connectivity index (χ1) is 15.1. The van der Waals surface area contributed by atoms with Crippen molar-refractivity contribution in [1.29, 1.82) is 0 Å². The van der Waals surface area contributed by atoms with Gasteiger partial charge >= 0.3 is 0 Å². The van der Waals surface area contributed by atoms with E-state index in [9.17, 15) is 4.79 Å².